The van der Waals surface area contributed by atoms with Crippen molar-refractivity contribution in [3.63, 3.8) is 0 Å². The molecule has 1 aromatic heterocycles. The van der Waals surface area contributed by atoms with Gasteiger partial charge in [-0.25, -0.2) is 0 Å². The zero-order chi connectivity index (χ0) is 19.7. The predicted octanol–water partition coefficient (Wildman–Crippen LogP) is 6.23. The molecule has 0 bridgehead atoms. The van der Waals surface area contributed by atoms with E-state index in [2.05, 4.69) is 36.7 Å². The van der Waals surface area contributed by atoms with Gasteiger partial charge < -0.3 is 4.57 Å². The molecular formula is C23H28N2O2S. The summed E-state index contributed by atoms with van der Waals surface area (Å²) in [6.07, 6.45) is 11.0. The third-order valence-corrected chi connectivity index (χ3v) is 7.07. The minimum Gasteiger partial charge on any atom is -0.344 e. The van der Waals surface area contributed by atoms with E-state index in [1.807, 2.05) is 18.2 Å². The summed E-state index contributed by atoms with van der Waals surface area (Å²) in [5.74, 6) is 0.342. The molecule has 4 nitrogen and oxygen atoms in total. The van der Waals surface area contributed by atoms with E-state index in [-0.39, 0.29) is 11.1 Å². The molecule has 1 atom stereocenters. The van der Waals surface area contributed by atoms with Crippen LogP contribution in [0.2, 0.25) is 0 Å². The minimum absolute atomic E-state index is 0.118. The summed E-state index contributed by atoms with van der Waals surface area (Å²) in [6, 6.07) is 8.66. The highest BCUT2D eigenvalue weighted by atomic mass is 32.2. The van der Waals surface area contributed by atoms with Crippen LogP contribution in [0.5, 0.6) is 0 Å². The summed E-state index contributed by atoms with van der Waals surface area (Å²) in [7, 11) is 0. The fourth-order valence-electron chi connectivity index (χ4n) is 4.33. The van der Waals surface area contributed by atoms with Gasteiger partial charge in [0.1, 0.15) is 0 Å². The van der Waals surface area contributed by atoms with Crippen molar-refractivity contribution in [2.45, 2.75) is 58.4 Å². The maximum absolute atomic E-state index is 12.9. The Kier molecular flexibility index (Phi) is 5.63. The SMILES string of the molecule is CC[C@H](C)n1cc(/C=C2/SC(=O)N(CC3CCCCC3)C2=O)c2ccccc21. The largest absolute Gasteiger partial charge is 0.344 e. The summed E-state index contributed by atoms with van der Waals surface area (Å²) in [5, 5.41) is 1.01. The molecule has 0 N–H and O–H groups in total. The molecule has 2 aliphatic rings. The molecule has 0 unspecified atom stereocenters. The van der Waals surface area contributed by atoms with Gasteiger partial charge in [-0.15, -0.1) is 0 Å². The second-order valence-electron chi connectivity index (χ2n) is 8.06. The van der Waals surface area contributed by atoms with E-state index in [0.29, 0.717) is 23.4 Å². The molecular weight excluding hydrogens is 368 g/mol. The van der Waals surface area contributed by atoms with Crippen molar-refractivity contribution in [2.24, 2.45) is 5.92 Å². The summed E-state index contributed by atoms with van der Waals surface area (Å²) in [4.78, 5) is 27.5. The number of imide groups is 1. The van der Waals surface area contributed by atoms with Crippen molar-refractivity contribution in [3.8, 4) is 0 Å². The van der Waals surface area contributed by atoms with E-state index in [0.717, 1.165) is 42.0 Å². The topological polar surface area (TPSA) is 42.3 Å². The first kappa shape index (κ1) is 19.3. The molecule has 28 heavy (non-hydrogen) atoms. The zero-order valence-electron chi connectivity index (χ0n) is 16.7. The number of nitrogens with zero attached hydrogens (tertiary/aromatic N) is 2. The van der Waals surface area contributed by atoms with Crippen LogP contribution in [0, 0.1) is 5.92 Å². The Hall–Kier alpha value is -2.01. The van der Waals surface area contributed by atoms with Crippen LogP contribution in [0.15, 0.2) is 35.4 Å². The van der Waals surface area contributed by atoms with Gasteiger partial charge in [-0.3, -0.25) is 14.5 Å². The fraction of sp³-hybridized carbons (Fsp3) is 0.478. The minimum atomic E-state index is -0.124. The molecule has 5 heteroatoms. The Balaban J connectivity index is 1.62. The highest BCUT2D eigenvalue weighted by Crippen LogP contribution is 2.36. The van der Waals surface area contributed by atoms with Gasteiger partial charge in [0.2, 0.25) is 0 Å². The summed E-state index contributed by atoms with van der Waals surface area (Å²) in [5.41, 5.74) is 2.18. The number of fused-ring (bicyclic) bond motifs is 1. The Morgan fingerprint density at radius 1 is 1.18 bits per heavy atom. The lowest BCUT2D eigenvalue weighted by Crippen LogP contribution is -2.34. The van der Waals surface area contributed by atoms with E-state index in [9.17, 15) is 9.59 Å². The third kappa shape index (κ3) is 3.64. The van der Waals surface area contributed by atoms with Crippen LogP contribution in [0.4, 0.5) is 4.79 Å². The van der Waals surface area contributed by atoms with Gasteiger partial charge in [0.25, 0.3) is 11.1 Å². The normalized spacial score (nSPS) is 21.2. The lowest BCUT2D eigenvalue weighted by Gasteiger charge is -2.25. The van der Waals surface area contributed by atoms with Crippen molar-refractivity contribution in [3.05, 3.63) is 40.9 Å². The van der Waals surface area contributed by atoms with Crippen molar-refractivity contribution < 1.29 is 9.59 Å². The Labute approximate surface area is 171 Å². The number of para-hydroxylation sites is 1. The van der Waals surface area contributed by atoms with E-state index >= 15 is 0 Å². The molecule has 2 amide bonds. The molecule has 1 aromatic carbocycles. The van der Waals surface area contributed by atoms with Gasteiger partial charge >= 0.3 is 0 Å². The first-order valence-electron chi connectivity index (χ1n) is 10.4. The Morgan fingerprint density at radius 3 is 2.68 bits per heavy atom. The number of carbonyl (C=O) groups excluding carboxylic acids is 2. The Morgan fingerprint density at radius 2 is 1.93 bits per heavy atom. The second kappa shape index (κ2) is 8.16. The quantitative estimate of drug-likeness (QED) is 0.563. The monoisotopic (exact) mass is 396 g/mol. The highest BCUT2D eigenvalue weighted by Gasteiger charge is 2.36. The maximum atomic E-state index is 12.9. The molecule has 4 rings (SSSR count). The number of hydrogen-bond donors (Lipinski definition) is 0. The molecule has 0 radical (unpaired) electrons. The zero-order valence-corrected chi connectivity index (χ0v) is 17.5. The van der Waals surface area contributed by atoms with Crippen LogP contribution in [0.1, 0.15) is 64.0 Å². The van der Waals surface area contributed by atoms with Gasteiger partial charge in [0.15, 0.2) is 0 Å². The number of hydrogen-bond acceptors (Lipinski definition) is 3. The van der Waals surface area contributed by atoms with Crippen molar-refractivity contribution in [2.75, 3.05) is 6.54 Å². The fourth-order valence-corrected chi connectivity index (χ4v) is 5.17. The lowest BCUT2D eigenvalue weighted by atomic mass is 9.89. The molecule has 2 aromatic rings. The van der Waals surface area contributed by atoms with Crippen molar-refractivity contribution in [1.29, 1.82) is 0 Å². The van der Waals surface area contributed by atoms with Crippen molar-refractivity contribution in [1.82, 2.24) is 9.47 Å². The molecule has 0 spiro atoms. The number of carbonyl (C=O) groups is 2. The van der Waals surface area contributed by atoms with Crippen LogP contribution in [-0.2, 0) is 4.79 Å². The number of aromatic nitrogens is 1. The van der Waals surface area contributed by atoms with Gasteiger partial charge in [-0.2, -0.15) is 0 Å². The number of thioether (sulfide) groups is 1. The molecule has 1 saturated heterocycles. The predicted molar refractivity (Wildman–Crippen MR) is 116 cm³/mol. The van der Waals surface area contributed by atoms with Gasteiger partial charge in [0, 0.05) is 35.2 Å². The van der Waals surface area contributed by atoms with E-state index < -0.39 is 0 Å². The molecule has 1 saturated carbocycles. The van der Waals surface area contributed by atoms with Crippen LogP contribution in [0.25, 0.3) is 17.0 Å². The van der Waals surface area contributed by atoms with Crippen LogP contribution >= 0.6 is 11.8 Å². The average Bonchev–Trinajstić information content (AvgIpc) is 3.21. The molecule has 1 aliphatic carbocycles. The van der Waals surface area contributed by atoms with Gasteiger partial charge in [0.05, 0.1) is 4.91 Å². The van der Waals surface area contributed by atoms with Crippen LogP contribution in [-0.4, -0.2) is 27.2 Å². The number of benzene rings is 1. The van der Waals surface area contributed by atoms with Crippen molar-refractivity contribution >= 4 is 39.9 Å². The van der Waals surface area contributed by atoms with E-state index in [1.165, 1.54) is 29.7 Å². The Bertz CT molecular complexity index is 924. The van der Waals surface area contributed by atoms with Crippen LogP contribution < -0.4 is 0 Å². The summed E-state index contributed by atoms with van der Waals surface area (Å²) in [6.45, 7) is 4.96. The number of rotatable bonds is 5. The molecule has 1 aliphatic heterocycles. The molecule has 2 fully saturated rings. The van der Waals surface area contributed by atoms with Gasteiger partial charge in [-0.1, -0.05) is 44.4 Å². The molecule has 148 valence electrons. The summed E-state index contributed by atoms with van der Waals surface area (Å²) < 4.78 is 2.27. The summed E-state index contributed by atoms with van der Waals surface area (Å²) >= 11 is 1.09. The van der Waals surface area contributed by atoms with Gasteiger partial charge in [-0.05, 0) is 56.0 Å². The second-order valence-corrected chi connectivity index (χ2v) is 9.06. The highest BCUT2D eigenvalue weighted by molar-refractivity contribution is 8.18. The molecule has 2 heterocycles. The van der Waals surface area contributed by atoms with Crippen LogP contribution in [0.3, 0.4) is 0 Å². The standard InChI is InChI=1S/C23H28N2O2S/c1-3-16(2)24-15-18(19-11-7-8-12-20(19)24)13-21-22(26)25(23(27)28-21)14-17-9-5-4-6-10-17/h7-8,11-13,15-17H,3-6,9-10,14H2,1-2H3/b21-13+/t16-/m0/s1. The smallest absolute Gasteiger partial charge is 0.293 e. The first-order chi connectivity index (χ1) is 13.6. The average molecular weight is 397 g/mol. The lowest BCUT2D eigenvalue weighted by molar-refractivity contribution is -0.123. The maximum Gasteiger partial charge on any atom is 0.293 e. The number of amides is 2. The third-order valence-electron chi connectivity index (χ3n) is 6.16. The first-order valence-corrected chi connectivity index (χ1v) is 11.2. The van der Waals surface area contributed by atoms with E-state index in [4.69, 9.17) is 0 Å². The van der Waals surface area contributed by atoms with E-state index in [1.54, 1.807) is 0 Å².